The van der Waals surface area contributed by atoms with Gasteiger partial charge < -0.3 is 14.7 Å². The van der Waals surface area contributed by atoms with E-state index in [4.69, 9.17) is 4.42 Å². The summed E-state index contributed by atoms with van der Waals surface area (Å²) in [6.45, 7) is 0.512. The summed E-state index contributed by atoms with van der Waals surface area (Å²) in [6.07, 6.45) is 3.18. The normalized spacial score (nSPS) is 10.5. The van der Waals surface area contributed by atoms with Crippen LogP contribution in [-0.4, -0.2) is 22.4 Å². The minimum atomic E-state index is -0.585. The van der Waals surface area contributed by atoms with Crippen molar-refractivity contribution >= 4 is 5.91 Å². The highest BCUT2D eigenvalue weighted by atomic mass is 16.3. The van der Waals surface area contributed by atoms with E-state index in [1.165, 1.54) is 17.9 Å². The molecule has 1 aromatic carbocycles. The minimum Gasteiger partial charge on any atom is -0.463 e. The van der Waals surface area contributed by atoms with Crippen LogP contribution in [0.5, 0.6) is 0 Å². The Morgan fingerprint density at radius 2 is 2.00 bits per heavy atom. The third-order valence-corrected chi connectivity index (χ3v) is 3.53. The summed E-state index contributed by atoms with van der Waals surface area (Å²) >= 11 is 0. The number of benzene rings is 1. The Kier molecular flexibility index (Phi) is 4.86. The van der Waals surface area contributed by atoms with E-state index in [0.29, 0.717) is 18.0 Å². The molecular weight excluding hydrogens is 306 g/mol. The number of aromatic nitrogens is 2. The maximum Gasteiger partial charge on any atom is 0.346 e. The maximum absolute atomic E-state index is 12.2. The molecule has 1 amide bonds. The average Bonchev–Trinajstić information content (AvgIpc) is 3.13. The predicted molar refractivity (Wildman–Crippen MR) is 89.7 cm³/mol. The van der Waals surface area contributed by atoms with Gasteiger partial charge in [-0.25, -0.2) is 4.79 Å². The van der Waals surface area contributed by atoms with Gasteiger partial charge in [0, 0.05) is 6.54 Å². The van der Waals surface area contributed by atoms with Crippen LogP contribution in [-0.2, 0) is 6.42 Å². The number of nitrogens with zero attached hydrogens (tertiary/aromatic N) is 1. The lowest BCUT2D eigenvalue weighted by Crippen LogP contribution is -2.28. The smallest absolute Gasteiger partial charge is 0.346 e. The standard InChI is InChI=1S/C18H17N3O3/c22-17(19-10-4-8-13-6-2-1-3-7-13)15-12-14(20-18(23)21-15)16-9-5-11-24-16/h1-3,5-7,9,11-12H,4,8,10H2,(H,19,22)(H,20,21,23). The highest BCUT2D eigenvalue weighted by Gasteiger charge is 2.11. The van der Waals surface area contributed by atoms with Crippen molar-refractivity contribution in [3.05, 3.63) is 76.5 Å². The van der Waals surface area contributed by atoms with E-state index < -0.39 is 5.69 Å². The zero-order valence-electron chi connectivity index (χ0n) is 13.0. The molecule has 0 bridgehead atoms. The molecule has 0 aliphatic carbocycles. The Hall–Kier alpha value is -3.15. The van der Waals surface area contributed by atoms with Gasteiger partial charge in [0.05, 0.1) is 12.0 Å². The molecule has 2 heterocycles. The number of aromatic amines is 1. The number of hydrogen-bond acceptors (Lipinski definition) is 4. The molecule has 6 nitrogen and oxygen atoms in total. The van der Waals surface area contributed by atoms with Gasteiger partial charge >= 0.3 is 5.69 Å². The lowest BCUT2D eigenvalue weighted by molar-refractivity contribution is 0.0948. The van der Waals surface area contributed by atoms with Crippen molar-refractivity contribution in [3.8, 4) is 11.5 Å². The van der Waals surface area contributed by atoms with Gasteiger partial charge in [-0.15, -0.1) is 0 Å². The van der Waals surface area contributed by atoms with Gasteiger partial charge in [-0.3, -0.25) is 4.79 Å². The molecule has 0 saturated heterocycles. The van der Waals surface area contributed by atoms with Crippen molar-refractivity contribution in [1.82, 2.24) is 15.3 Å². The summed E-state index contributed by atoms with van der Waals surface area (Å²) in [5, 5.41) is 2.78. The topological polar surface area (TPSA) is 88.0 Å². The number of amides is 1. The van der Waals surface area contributed by atoms with Gasteiger partial charge in [-0.2, -0.15) is 4.98 Å². The first kappa shape index (κ1) is 15.7. The van der Waals surface area contributed by atoms with Crippen LogP contribution < -0.4 is 11.0 Å². The molecule has 2 N–H and O–H groups in total. The highest BCUT2D eigenvalue weighted by Crippen LogP contribution is 2.16. The van der Waals surface area contributed by atoms with Crippen LogP contribution in [0.4, 0.5) is 0 Å². The molecule has 0 aliphatic heterocycles. The van der Waals surface area contributed by atoms with Gasteiger partial charge in [0.2, 0.25) is 0 Å². The summed E-state index contributed by atoms with van der Waals surface area (Å²) in [5.74, 6) is 0.106. The van der Waals surface area contributed by atoms with Crippen LogP contribution in [0.3, 0.4) is 0 Å². The van der Waals surface area contributed by atoms with E-state index in [9.17, 15) is 9.59 Å². The van der Waals surface area contributed by atoms with Crippen LogP contribution in [0.15, 0.2) is 64.0 Å². The average molecular weight is 323 g/mol. The fourth-order valence-electron chi connectivity index (χ4n) is 2.37. The largest absolute Gasteiger partial charge is 0.463 e. The van der Waals surface area contributed by atoms with E-state index in [-0.39, 0.29) is 11.6 Å². The second kappa shape index (κ2) is 7.41. The summed E-state index contributed by atoms with van der Waals surface area (Å²) in [5.41, 5.74) is 1.14. The SMILES string of the molecule is O=C(NCCCc1ccccc1)c1cc(-c2ccco2)[nH]c(=O)n1. The Labute approximate surface area is 138 Å². The lowest BCUT2D eigenvalue weighted by Gasteiger charge is -2.05. The van der Waals surface area contributed by atoms with Crippen molar-refractivity contribution in [3.63, 3.8) is 0 Å². The Morgan fingerprint density at radius 3 is 2.75 bits per heavy atom. The monoisotopic (exact) mass is 323 g/mol. The Balaban J connectivity index is 1.60. The Bertz CT molecular complexity index is 855. The van der Waals surface area contributed by atoms with E-state index in [0.717, 1.165) is 12.8 Å². The molecule has 3 rings (SSSR count). The third kappa shape index (κ3) is 3.98. The van der Waals surface area contributed by atoms with Gasteiger partial charge in [-0.05, 0) is 36.6 Å². The second-order valence-electron chi connectivity index (χ2n) is 5.31. The number of carbonyl (C=O) groups is 1. The molecule has 122 valence electrons. The summed E-state index contributed by atoms with van der Waals surface area (Å²) < 4.78 is 5.23. The molecule has 24 heavy (non-hydrogen) atoms. The summed E-state index contributed by atoms with van der Waals surface area (Å²) in [6, 6.07) is 15.0. The fraction of sp³-hybridized carbons (Fsp3) is 0.167. The minimum absolute atomic E-state index is 0.0739. The van der Waals surface area contributed by atoms with Crippen molar-refractivity contribution < 1.29 is 9.21 Å². The van der Waals surface area contributed by atoms with Crippen LogP contribution in [0.25, 0.3) is 11.5 Å². The van der Waals surface area contributed by atoms with Crippen molar-refractivity contribution in [2.45, 2.75) is 12.8 Å². The number of furan rings is 1. The van der Waals surface area contributed by atoms with Crippen molar-refractivity contribution in [1.29, 1.82) is 0 Å². The molecular formula is C18H17N3O3. The zero-order valence-corrected chi connectivity index (χ0v) is 13.0. The molecule has 0 fully saturated rings. The van der Waals surface area contributed by atoms with E-state index in [1.807, 2.05) is 18.2 Å². The molecule has 6 heteroatoms. The Morgan fingerprint density at radius 1 is 1.17 bits per heavy atom. The van der Waals surface area contributed by atoms with Crippen molar-refractivity contribution in [2.75, 3.05) is 6.54 Å². The molecule has 3 aromatic rings. The van der Waals surface area contributed by atoms with Gasteiger partial charge in [0.15, 0.2) is 0 Å². The van der Waals surface area contributed by atoms with Gasteiger partial charge in [-0.1, -0.05) is 30.3 Å². The van der Waals surface area contributed by atoms with Crippen molar-refractivity contribution in [2.24, 2.45) is 0 Å². The lowest BCUT2D eigenvalue weighted by atomic mass is 10.1. The number of nitrogens with one attached hydrogen (secondary N) is 2. The van der Waals surface area contributed by atoms with E-state index >= 15 is 0 Å². The number of hydrogen-bond donors (Lipinski definition) is 2. The molecule has 0 spiro atoms. The van der Waals surface area contributed by atoms with Gasteiger partial charge in [0.25, 0.3) is 5.91 Å². The fourth-order valence-corrected chi connectivity index (χ4v) is 2.37. The maximum atomic E-state index is 12.2. The van der Waals surface area contributed by atoms with E-state index in [1.54, 1.807) is 12.1 Å². The second-order valence-corrected chi connectivity index (χ2v) is 5.31. The first-order valence-electron chi connectivity index (χ1n) is 7.70. The number of H-pyrrole nitrogens is 1. The molecule has 2 aromatic heterocycles. The molecule has 0 radical (unpaired) electrons. The number of aryl methyl sites for hydroxylation is 1. The van der Waals surface area contributed by atoms with Crippen LogP contribution >= 0.6 is 0 Å². The van der Waals surface area contributed by atoms with Crippen LogP contribution in [0.1, 0.15) is 22.5 Å². The number of carbonyl (C=O) groups excluding carboxylic acids is 1. The summed E-state index contributed by atoms with van der Waals surface area (Å²) in [4.78, 5) is 30.1. The molecule has 0 unspecified atom stereocenters. The number of rotatable bonds is 6. The van der Waals surface area contributed by atoms with E-state index in [2.05, 4.69) is 27.4 Å². The van der Waals surface area contributed by atoms with Crippen LogP contribution in [0, 0.1) is 0 Å². The first-order chi connectivity index (χ1) is 11.7. The quantitative estimate of drug-likeness (QED) is 0.682. The molecule has 0 aliphatic rings. The first-order valence-corrected chi connectivity index (χ1v) is 7.70. The molecule has 0 saturated carbocycles. The van der Waals surface area contributed by atoms with Crippen LogP contribution in [0.2, 0.25) is 0 Å². The molecule has 0 atom stereocenters. The van der Waals surface area contributed by atoms with Gasteiger partial charge in [0.1, 0.15) is 11.5 Å². The predicted octanol–water partition coefficient (Wildman–Crippen LogP) is 2.39. The summed E-state index contributed by atoms with van der Waals surface area (Å²) in [7, 11) is 0. The zero-order chi connectivity index (χ0) is 16.8. The highest BCUT2D eigenvalue weighted by molar-refractivity contribution is 5.92. The third-order valence-electron chi connectivity index (χ3n) is 3.53.